The Balaban J connectivity index is 2.06. The molecule has 0 unspecified atom stereocenters. The first kappa shape index (κ1) is 12.8. The van der Waals surface area contributed by atoms with Gasteiger partial charge in [0.25, 0.3) is 0 Å². The molecule has 0 atom stereocenters. The van der Waals surface area contributed by atoms with E-state index in [9.17, 15) is 4.79 Å². The van der Waals surface area contributed by atoms with Crippen molar-refractivity contribution in [2.45, 2.75) is 38.5 Å². The van der Waals surface area contributed by atoms with E-state index in [1.807, 2.05) is 4.90 Å². The summed E-state index contributed by atoms with van der Waals surface area (Å²) in [5, 5.41) is 0. The van der Waals surface area contributed by atoms with Crippen LogP contribution in [0.1, 0.15) is 38.5 Å². The quantitative estimate of drug-likeness (QED) is 0.737. The van der Waals surface area contributed by atoms with Gasteiger partial charge in [-0.05, 0) is 12.8 Å². The molecule has 2 N–H and O–H groups in total. The van der Waals surface area contributed by atoms with Crippen molar-refractivity contribution in [1.82, 2.24) is 4.90 Å². The Hall–Kier alpha value is -0.610. The summed E-state index contributed by atoms with van der Waals surface area (Å²) in [5.74, 6) is 0.283. The number of rotatable bonds is 2. The van der Waals surface area contributed by atoms with Crippen LogP contribution in [0.3, 0.4) is 0 Å². The van der Waals surface area contributed by atoms with Crippen molar-refractivity contribution in [3.8, 4) is 0 Å². The van der Waals surface area contributed by atoms with Crippen molar-refractivity contribution in [2.75, 3.05) is 32.8 Å². The molecule has 4 nitrogen and oxygen atoms in total. The van der Waals surface area contributed by atoms with Crippen molar-refractivity contribution in [3.05, 3.63) is 0 Å². The Morgan fingerprint density at radius 1 is 1.12 bits per heavy atom. The Morgan fingerprint density at radius 2 is 1.71 bits per heavy atom. The number of hydrogen-bond donors (Lipinski definition) is 1. The van der Waals surface area contributed by atoms with Crippen LogP contribution in [0.25, 0.3) is 0 Å². The molecule has 0 radical (unpaired) electrons. The fourth-order valence-electron chi connectivity index (χ4n) is 3.01. The van der Waals surface area contributed by atoms with Gasteiger partial charge in [-0.25, -0.2) is 0 Å². The number of carbonyl (C=O) groups is 1. The molecule has 98 valence electrons. The summed E-state index contributed by atoms with van der Waals surface area (Å²) < 4.78 is 5.30. The molecule has 17 heavy (non-hydrogen) atoms. The maximum absolute atomic E-state index is 12.6. The smallest absolute Gasteiger partial charge is 0.230 e. The normalized spacial score (nSPS) is 25.4. The fourth-order valence-corrected chi connectivity index (χ4v) is 3.01. The molecule has 0 aromatic heterocycles. The predicted molar refractivity (Wildman–Crippen MR) is 66.6 cm³/mol. The van der Waals surface area contributed by atoms with Crippen LogP contribution in [-0.2, 0) is 9.53 Å². The highest BCUT2D eigenvalue weighted by atomic mass is 16.5. The van der Waals surface area contributed by atoms with Crippen LogP contribution in [-0.4, -0.2) is 43.7 Å². The van der Waals surface area contributed by atoms with Crippen molar-refractivity contribution < 1.29 is 9.53 Å². The van der Waals surface area contributed by atoms with E-state index in [2.05, 4.69) is 0 Å². The largest absolute Gasteiger partial charge is 0.378 e. The first-order valence-corrected chi connectivity index (χ1v) is 6.86. The topological polar surface area (TPSA) is 55.6 Å². The zero-order valence-corrected chi connectivity index (χ0v) is 10.6. The van der Waals surface area contributed by atoms with Gasteiger partial charge in [-0.2, -0.15) is 0 Å². The molecule has 1 amide bonds. The lowest BCUT2D eigenvalue weighted by Crippen LogP contribution is -2.51. The average Bonchev–Trinajstić information content (AvgIpc) is 2.65. The first-order chi connectivity index (χ1) is 8.28. The third-order valence-electron chi connectivity index (χ3n) is 4.20. The summed E-state index contributed by atoms with van der Waals surface area (Å²) in [5.41, 5.74) is 5.67. The maximum Gasteiger partial charge on any atom is 0.230 e. The zero-order valence-electron chi connectivity index (χ0n) is 10.6. The Kier molecular flexibility index (Phi) is 4.40. The minimum absolute atomic E-state index is 0.270. The minimum Gasteiger partial charge on any atom is -0.378 e. The van der Waals surface area contributed by atoms with Crippen molar-refractivity contribution in [1.29, 1.82) is 0 Å². The Bertz CT molecular complexity index is 254. The maximum atomic E-state index is 12.6. The van der Waals surface area contributed by atoms with Crippen LogP contribution < -0.4 is 5.73 Å². The lowest BCUT2D eigenvalue weighted by molar-refractivity contribution is -0.146. The van der Waals surface area contributed by atoms with Crippen LogP contribution in [0.2, 0.25) is 0 Å². The predicted octanol–water partition coefficient (Wildman–Crippen LogP) is 1.14. The molecule has 4 heteroatoms. The molecule has 2 rings (SSSR count). The molecule has 2 fully saturated rings. The summed E-state index contributed by atoms with van der Waals surface area (Å²) in [6.45, 7) is 3.32. The fraction of sp³-hybridized carbons (Fsp3) is 0.923. The van der Waals surface area contributed by atoms with E-state index in [0.29, 0.717) is 19.8 Å². The van der Waals surface area contributed by atoms with Crippen LogP contribution in [0.4, 0.5) is 0 Å². The molecule has 1 aliphatic carbocycles. The lowest BCUT2D eigenvalue weighted by atomic mass is 9.79. The van der Waals surface area contributed by atoms with Gasteiger partial charge in [0.2, 0.25) is 5.91 Å². The van der Waals surface area contributed by atoms with Gasteiger partial charge in [0.15, 0.2) is 0 Å². The highest BCUT2D eigenvalue weighted by molar-refractivity contribution is 5.83. The number of carbonyl (C=O) groups excluding carboxylic acids is 1. The monoisotopic (exact) mass is 240 g/mol. The second-order valence-electron chi connectivity index (χ2n) is 5.30. The summed E-state index contributed by atoms with van der Waals surface area (Å²) in [4.78, 5) is 14.6. The molecular formula is C13H24N2O2. The summed E-state index contributed by atoms with van der Waals surface area (Å²) in [6, 6.07) is 0. The summed E-state index contributed by atoms with van der Waals surface area (Å²) >= 11 is 0. The molecule has 2 aliphatic rings. The van der Waals surface area contributed by atoms with Gasteiger partial charge in [-0.3, -0.25) is 4.79 Å². The Morgan fingerprint density at radius 3 is 2.24 bits per heavy atom. The zero-order chi connectivity index (χ0) is 12.1. The van der Waals surface area contributed by atoms with E-state index in [-0.39, 0.29) is 11.3 Å². The molecule has 0 aromatic carbocycles. The van der Waals surface area contributed by atoms with Crippen LogP contribution in [0, 0.1) is 5.41 Å². The van der Waals surface area contributed by atoms with E-state index in [1.165, 1.54) is 12.8 Å². The second-order valence-corrected chi connectivity index (χ2v) is 5.30. The molecule has 1 saturated carbocycles. The number of hydrogen-bond acceptors (Lipinski definition) is 3. The van der Waals surface area contributed by atoms with Crippen LogP contribution >= 0.6 is 0 Å². The van der Waals surface area contributed by atoms with Gasteiger partial charge < -0.3 is 15.4 Å². The second kappa shape index (κ2) is 5.83. The molecule has 0 bridgehead atoms. The third kappa shape index (κ3) is 2.80. The number of morpholine rings is 1. The van der Waals surface area contributed by atoms with Crippen LogP contribution in [0.15, 0.2) is 0 Å². The van der Waals surface area contributed by atoms with Gasteiger partial charge in [0, 0.05) is 19.6 Å². The SMILES string of the molecule is NCC1(C(=O)N2CCOCC2)CCCCCC1. The van der Waals surface area contributed by atoms with Gasteiger partial charge >= 0.3 is 0 Å². The van der Waals surface area contributed by atoms with Crippen molar-refractivity contribution >= 4 is 5.91 Å². The van der Waals surface area contributed by atoms with Gasteiger partial charge in [0.1, 0.15) is 0 Å². The standard InChI is InChI=1S/C13H24N2O2/c14-11-13(5-3-1-2-4-6-13)12(16)15-7-9-17-10-8-15/h1-11,14H2. The number of amides is 1. The molecular weight excluding hydrogens is 216 g/mol. The van der Waals surface area contributed by atoms with Crippen molar-refractivity contribution in [3.63, 3.8) is 0 Å². The van der Waals surface area contributed by atoms with Gasteiger partial charge in [0.05, 0.1) is 18.6 Å². The van der Waals surface area contributed by atoms with Gasteiger partial charge in [-0.15, -0.1) is 0 Å². The number of nitrogens with two attached hydrogens (primary N) is 1. The third-order valence-corrected chi connectivity index (χ3v) is 4.20. The summed E-state index contributed by atoms with van der Waals surface area (Å²) in [6.07, 6.45) is 6.73. The van der Waals surface area contributed by atoms with E-state index < -0.39 is 0 Å². The van der Waals surface area contributed by atoms with Crippen LogP contribution in [0.5, 0.6) is 0 Å². The lowest BCUT2D eigenvalue weighted by Gasteiger charge is -2.37. The number of ether oxygens (including phenoxy) is 1. The van der Waals surface area contributed by atoms with E-state index in [0.717, 1.165) is 38.8 Å². The minimum atomic E-state index is -0.270. The number of nitrogens with zero attached hydrogens (tertiary/aromatic N) is 1. The highest BCUT2D eigenvalue weighted by Gasteiger charge is 2.40. The first-order valence-electron chi connectivity index (χ1n) is 6.86. The summed E-state index contributed by atoms with van der Waals surface area (Å²) in [7, 11) is 0. The van der Waals surface area contributed by atoms with Crippen molar-refractivity contribution in [2.24, 2.45) is 11.1 Å². The molecule has 0 aromatic rings. The van der Waals surface area contributed by atoms with Gasteiger partial charge in [-0.1, -0.05) is 25.7 Å². The molecule has 1 heterocycles. The Labute approximate surface area is 103 Å². The average molecular weight is 240 g/mol. The molecule has 1 aliphatic heterocycles. The molecule has 0 spiro atoms. The van der Waals surface area contributed by atoms with E-state index in [4.69, 9.17) is 10.5 Å². The van der Waals surface area contributed by atoms with E-state index in [1.54, 1.807) is 0 Å². The van der Waals surface area contributed by atoms with E-state index >= 15 is 0 Å². The highest BCUT2D eigenvalue weighted by Crippen LogP contribution is 2.36. The molecule has 1 saturated heterocycles.